The first-order chi connectivity index (χ1) is 6.94. The first-order valence-corrected chi connectivity index (χ1v) is 4.70. The van der Waals surface area contributed by atoms with E-state index in [1.807, 2.05) is 0 Å². The van der Waals surface area contributed by atoms with Gasteiger partial charge >= 0.3 is 11.9 Å². The lowest BCUT2D eigenvalue weighted by atomic mass is 10.1. The lowest BCUT2D eigenvalue weighted by Gasteiger charge is -2.15. The summed E-state index contributed by atoms with van der Waals surface area (Å²) in [5, 5.41) is 0. The first-order valence-electron chi connectivity index (χ1n) is 3.70. The maximum atomic E-state index is 13.2. The van der Waals surface area contributed by atoms with Crippen LogP contribution in [0.1, 0.15) is 5.56 Å². The molecule has 1 unspecified atom stereocenters. The third kappa shape index (κ3) is 2.80. The Morgan fingerprint density at radius 2 is 1.87 bits per heavy atom. The maximum Gasteiger partial charge on any atom is 0.395 e. The summed E-state index contributed by atoms with van der Waals surface area (Å²) >= 11 is -3.30. The maximum absolute atomic E-state index is 13.2. The lowest BCUT2D eigenvalue weighted by Crippen LogP contribution is -2.28. The van der Waals surface area contributed by atoms with E-state index in [0.29, 0.717) is 0 Å². The van der Waals surface area contributed by atoms with Crippen LogP contribution in [0.2, 0.25) is 0 Å². The molecular formula is C8H5F2O4S-. The molecule has 1 atom stereocenters. The van der Waals surface area contributed by atoms with Gasteiger partial charge in [-0.3, -0.25) is 0 Å². The molecule has 0 aliphatic carbocycles. The van der Waals surface area contributed by atoms with Gasteiger partial charge in [0.2, 0.25) is 0 Å². The van der Waals surface area contributed by atoms with Crippen molar-refractivity contribution in [1.29, 1.82) is 0 Å². The predicted molar refractivity (Wildman–Crippen MR) is 45.3 cm³/mol. The zero-order valence-corrected chi connectivity index (χ0v) is 8.00. The molecule has 0 fully saturated rings. The molecular weight excluding hydrogens is 230 g/mol. The molecule has 82 valence electrons. The van der Waals surface area contributed by atoms with Crippen molar-refractivity contribution in [1.82, 2.24) is 0 Å². The van der Waals surface area contributed by atoms with Crippen LogP contribution in [0.3, 0.4) is 0 Å². The molecule has 0 heterocycles. The van der Waals surface area contributed by atoms with E-state index in [4.69, 9.17) is 0 Å². The molecule has 0 aromatic heterocycles. The Morgan fingerprint density at radius 1 is 1.33 bits per heavy atom. The van der Waals surface area contributed by atoms with Gasteiger partial charge in [-0.2, -0.15) is 8.78 Å². The first kappa shape index (κ1) is 11.7. The summed E-state index contributed by atoms with van der Waals surface area (Å²) in [5.74, 6) is -6.09. The van der Waals surface area contributed by atoms with E-state index in [-0.39, 0.29) is 0 Å². The Labute approximate surface area is 86.4 Å². The molecule has 4 nitrogen and oxygen atoms in total. The number of halogens is 2. The van der Waals surface area contributed by atoms with Crippen LogP contribution in [0, 0.1) is 0 Å². The van der Waals surface area contributed by atoms with Crippen LogP contribution in [-0.4, -0.2) is 14.7 Å². The topological polar surface area (TPSA) is 66.4 Å². The third-order valence-corrected chi connectivity index (χ3v) is 1.82. The van der Waals surface area contributed by atoms with Crippen LogP contribution >= 0.6 is 0 Å². The van der Waals surface area contributed by atoms with Crippen LogP contribution in [0.25, 0.3) is 0 Å². The average Bonchev–Trinajstić information content (AvgIpc) is 2.18. The molecule has 0 amide bonds. The van der Waals surface area contributed by atoms with Gasteiger partial charge < -0.3 is 8.74 Å². The molecule has 0 saturated carbocycles. The number of rotatable bonds is 3. The summed E-state index contributed by atoms with van der Waals surface area (Å²) in [6, 6.07) is 6.07. The van der Waals surface area contributed by atoms with Gasteiger partial charge in [0.15, 0.2) is 0 Å². The van der Waals surface area contributed by atoms with E-state index in [1.54, 1.807) is 0 Å². The van der Waals surface area contributed by atoms with Crippen molar-refractivity contribution in [3.8, 4) is 0 Å². The van der Waals surface area contributed by atoms with Gasteiger partial charge in [0.1, 0.15) is 11.4 Å². The van der Waals surface area contributed by atoms with Gasteiger partial charge in [-0.25, -0.2) is 9.00 Å². The highest BCUT2D eigenvalue weighted by Crippen LogP contribution is 2.29. The third-order valence-electron chi connectivity index (χ3n) is 1.54. The fourth-order valence-electron chi connectivity index (χ4n) is 0.879. The highest BCUT2D eigenvalue weighted by Gasteiger charge is 2.43. The van der Waals surface area contributed by atoms with Crippen molar-refractivity contribution < 1.29 is 26.5 Å². The predicted octanol–water partition coefficient (Wildman–Crippen LogP) is 1.12. The highest BCUT2D eigenvalue weighted by molar-refractivity contribution is 7.74. The van der Waals surface area contributed by atoms with Crippen LogP contribution in [0.15, 0.2) is 30.3 Å². The summed E-state index contributed by atoms with van der Waals surface area (Å²) in [6.07, 6.45) is 0. The van der Waals surface area contributed by atoms with Crippen molar-refractivity contribution in [2.45, 2.75) is 5.92 Å². The normalized spacial score (nSPS) is 13.3. The average molecular weight is 235 g/mol. The van der Waals surface area contributed by atoms with E-state index in [1.165, 1.54) is 18.2 Å². The summed E-state index contributed by atoms with van der Waals surface area (Å²) in [6.45, 7) is 0. The van der Waals surface area contributed by atoms with Crippen LogP contribution in [0.5, 0.6) is 0 Å². The fraction of sp³-hybridized carbons (Fsp3) is 0.125. The molecule has 0 aliphatic heterocycles. The van der Waals surface area contributed by atoms with Crippen LogP contribution in [0.4, 0.5) is 8.78 Å². The van der Waals surface area contributed by atoms with Gasteiger partial charge in [-0.05, 0) is 0 Å². The molecule has 0 saturated heterocycles. The molecule has 0 radical (unpaired) electrons. The van der Waals surface area contributed by atoms with Crippen LogP contribution in [-0.2, 0) is 26.3 Å². The largest absolute Gasteiger partial charge is 0.740 e. The monoisotopic (exact) mass is 235 g/mol. The number of benzene rings is 1. The Hall–Kier alpha value is -1.34. The fourth-order valence-corrected chi connectivity index (χ4v) is 1.11. The Balaban J connectivity index is 2.92. The smallest absolute Gasteiger partial charge is 0.395 e. The van der Waals surface area contributed by atoms with Crippen molar-refractivity contribution >= 4 is 17.3 Å². The standard InChI is InChI=1S/C8H6F2O4S/c9-8(10,7(11)14-15(12)13)6-4-2-1-3-5-6/h1-5H,(H,12,13)/p-1. The number of hydrogen-bond acceptors (Lipinski definition) is 4. The molecule has 1 rings (SSSR count). The van der Waals surface area contributed by atoms with E-state index in [2.05, 4.69) is 4.18 Å². The second kappa shape index (κ2) is 4.45. The molecule has 0 aliphatic rings. The number of carbonyl (C=O) groups is 1. The molecule has 0 N–H and O–H groups in total. The van der Waals surface area contributed by atoms with Gasteiger partial charge in [-0.15, -0.1) is 0 Å². The zero-order valence-electron chi connectivity index (χ0n) is 7.18. The summed E-state index contributed by atoms with van der Waals surface area (Å²) in [7, 11) is 0. The highest BCUT2D eigenvalue weighted by atomic mass is 32.2. The van der Waals surface area contributed by atoms with Crippen molar-refractivity contribution in [3.63, 3.8) is 0 Å². The lowest BCUT2D eigenvalue weighted by molar-refractivity contribution is -0.162. The number of alkyl halides is 2. The van der Waals surface area contributed by atoms with Crippen molar-refractivity contribution in [2.75, 3.05) is 0 Å². The molecule has 1 aromatic carbocycles. The van der Waals surface area contributed by atoms with Crippen molar-refractivity contribution in [3.05, 3.63) is 35.9 Å². The minimum atomic E-state index is -3.97. The Kier molecular flexibility index (Phi) is 3.48. The van der Waals surface area contributed by atoms with E-state index >= 15 is 0 Å². The van der Waals surface area contributed by atoms with E-state index < -0.39 is 28.8 Å². The molecule has 15 heavy (non-hydrogen) atoms. The van der Waals surface area contributed by atoms with E-state index in [0.717, 1.165) is 12.1 Å². The molecule has 0 spiro atoms. The summed E-state index contributed by atoms with van der Waals surface area (Å²) in [5.41, 5.74) is -0.625. The van der Waals surface area contributed by atoms with Crippen molar-refractivity contribution in [2.24, 2.45) is 0 Å². The van der Waals surface area contributed by atoms with E-state index in [9.17, 15) is 22.3 Å². The summed E-state index contributed by atoms with van der Waals surface area (Å²) < 4.78 is 49.5. The second-order valence-electron chi connectivity index (χ2n) is 2.52. The molecule has 1 aromatic rings. The summed E-state index contributed by atoms with van der Waals surface area (Å²) in [4.78, 5) is 10.7. The van der Waals surface area contributed by atoms with Gasteiger partial charge in [0, 0.05) is 5.56 Å². The van der Waals surface area contributed by atoms with Crippen LogP contribution < -0.4 is 0 Å². The Morgan fingerprint density at radius 3 is 2.33 bits per heavy atom. The number of hydrogen-bond donors (Lipinski definition) is 0. The second-order valence-corrected chi connectivity index (χ2v) is 3.09. The molecule has 0 bridgehead atoms. The number of carbonyl (C=O) groups excluding carboxylic acids is 1. The quantitative estimate of drug-likeness (QED) is 0.736. The SMILES string of the molecule is O=C(OS(=O)[O-])C(F)(F)c1ccccc1. The Bertz CT molecular complexity index is 379. The zero-order chi connectivity index (χ0) is 11.5. The molecule has 7 heteroatoms. The minimum absolute atomic E-state index is 0.625. The van der Waals surface area contributed by atoms with Gasteiger partial charge in [0.25, 0.3) is 0 Å². The minimum Gasteiger partial charge on any atom is -0.740 e. The van der Waals surface area contributed by atoms with Gasteiger partial charge in [0.05, 0.1) is 0 Å². The van der Waals surface area contributed by atoms with Gasteiger partial charge in [-0.1, -0.05) is 30.3 Å².